The summed E-state index contributed by atoms with van der Waals surface area (Å²) in [7, 11) is 0. The molecular weight excluding hydrogens is 294 g/mol. The van der Waals surface area contributed by atoms with Gasteiger partial charge in [-0.05, 0) is 43.7 Å². The van der Waals surface area contributed by atoms with E-state index in [9.17, 15) is 4.79 Å². The van der Waals surface area contributed by atoms with Crippen molar-refractivity contribution in [3.63, 3.8) is 0 Å². The van der Waals surface area contributed by atoms with Gasteiger partial charge in [-0.1, -0.05) is 24.3 Å². The zero-order valence-corrected chi connectivity index (χ0v) is 13.3. The van der Waals surface area contributed by atoms with E-state index in [2.05, 4.69) is 24.0 Å². The van der Waals surface area contributed by atoms with Crippen LogP contribution in [0.2, 0.25) is 0 Å². The number of ether oxygens (including phenoxy) is 2. The summed E-state index contributed by atoms with van der Waals surface area (Å²) in [4.78, 5) is 16.2. The number of aromatic nitrogens is 1. The van der Waals surface area contributed by atoms with E-state index < -0.39 is 5.97 Å². The lowest BCUT2D eigenvalue weighted by Gasteiger charge is -2.08. The first kappa shape index (κ1) is 15.7. The summed E-state index contributed by atoms with van der Waals surface area (Å²) in [5, 5.41) is 0. The second-order valence-corrected chi connectivity index (χ2v) is 5.73. The highest BCUT2D eigenvalue weighted by atomic mass is 16.5. The number of hydrogen-bond acceptors (Lipinski definition) is 5. The first-order valence-corrected chi connectivity index (χ1v) is 8.02. The Morgan fingerprint density at radius 1 is 1.39 bits per heavy atom. The van der Waals surface area contributed by atoms with Gasteiger partial charge in [0.25, 0.3) is 0 Å². The van der Waals surface area contributed by atoms with E-state index in [-0.39, 0.29) is 11.8 Å². The van der Waals surface area contributed by atoms with Crippen molar-refractivity contribution in [3.05, 3.63) is 53.2 Å². The number of aryl methyl sites for hydroxylation is 2. The fourth-order valence-electron chi connectivity index (χ4n) is 2.81. The van der Waals surface area contributed by atoms with Crippen LogP contribution in [0, 0.1) is 6.92 Å². The normalized spacial score (nSPS) is 17.3. The molecular formula is C18H21NO4. The molecule has 1 aliphatic heterocycles. The van der Waals surface area contributed by atoms with Crippen molar-refractivity contribution in [1.82, 2.24) is 4.98 Å². The number of carbonyl (C=O) groups is 1. The van der Waals surface area contributed by atoms with Gasteiger partial charge in [-0.3, -0.25) is 0 Å². The molecule has 1 aromatic carbocycles. The SMILES string of the molecule is Cc1ccccc1CCCOC(=O)c1ncoc1C1CCCO1. The summed E-state index contributed by atoms with van der Waals surface area (Å²) in [5.74, 6) is 0.0560. The van der Waals surface area contributed by atoms with Crippen molar-refractivity contribution in [2.24, 2.45) is 0 Å². The zero-order chi connectivity index (χ0) is 16.1. The Morgan fingerprint density at radius 2 is 2.26 bits per heavy atom. The Kier molecular flexibility index (Phi) is 5.08. The number of oxazole rings is 1. The summed E-state index contributed by atoms with van der Waals surface area (Å²) >= 11 is 0. The fraction of sp³-hybridized carbons (Fsp3) is 0.444. The van der Waals surface area contributed by atoms with Crippen molar-refractivity contribution >= 4 is 5.97 Å². The second-order valence-electron chi connectivity index (χ2n) is 5.73. The van der Waals surface area contributed by atoms with E-state index in [0.717, 1.165) is 25.7 Å². The maximum Gasteiger partial charge on any atom is 0.360 e. The Labute approximate surface area is 135 Å². The Bertz CT molecular complexity index is 659. The van der Waals surface area contributed by atoms with Gasteiger partial charge in [-0.25, -0.2) is 9.78 Å². The molecule has 3 rings (SSSR count). The lowest BCUT2D eigenvalue weighted by atomic mass is 10.0. The molecule has 5 nitrogen and oxygen atoms in total. The molecule has 2 heterocycles. The minimum absolute atomic E-state index is 0.174. The van der Waals surface area contributed by atoms with Crippen molar-refractivity contribution in [2.45, 2.75) is 38.7 Å². The monoisotopic (exact) mass is 315 g/mol. The van der Waals surface area contributed by atoms with Crippen molar-refractivity contribution in [1.29, 1.82) is 0 Å². The number of esters is 1. The van der Waals surface area contributed by atoms with Crippen LogP contribution in [0.1, 0.15) is 52.7 Å². The molecule has 0 radical (unpaired) electrons. The Morgan fingerprint density at radius 3 is 3.04 bits per heavy atom. The van der Waals surface area contributed by atoms with Crippen molar-refractivity contribution in [3.8, 4) is 0 Å². The highest BCUT2D eigenvalue weighted by Crippen LogP contribution is 2.30. The lowest BCUT2D eigenvalue weighted by Crippen LogP contribution is -2.11. The van der Waals surface area contributed by atoms with Gasteiger partial charge in [0.1, 0.15) is 6.10 Å². The van der Waals surface area contributed by atoms with E-state index >= 15 is 0 Å². The van der Waals surface area contributed by atoms with Gasteiger partial charge in [-0.15, -0.1) is 0 Å². The number of benzene rings is 1. The second kappa shape index (κ2) is 7.42. The van der Waals surface area contributed by atoms with Crippen LogP contribution in [-0.2, 0) is 15.9 Å². The maximum absolute atomic E-state index is 12.2. The van der Waals surface area contributed by atoms with Crippen molar-refractivity contribution < 1.29 is 18.7 Å². The molecule has 1 saturated heterocycles. The minimum Gasteiger partial charge on any atom is -0.461 e. The van der Waals surface area contributed by atoms with Gasteiger partial charge >= 0.3 is 5.97 Å². The van der Waals surface area contributed by atoms with Gasteiger partial charge in [-0.2, -0.15) is 0 Å². The molecule has 0 bridgehead atoms. The molecule has 5 heteroatoms. The number of carbonyl (C=O) groups excluding carboxylic acids is 1. The zero-order valence-electron chi connectivity index (χ0n) is 13.3. The molecule has 1 aliphatic rings. The van der Waals surface area contributed by atoms with Gasteiger partial charge < -0.3 is 13.9 Å². The van der Waals surface area contributed by atoms with Gasteiger partial charge in [0.15, 0.2) is 17.8 Å². The molecule has 1 atom stereocenters. The molecule has 1 unspecified atom stereocenters. The number of nitrogens with zero attached hydrogens (tertiary/aromatic N) is 1. The third-order valence-electron chi connectivity index (χ3n) is 4.10. The predicted octanol–water partition coefficient (Wildman–Crippen LogP) is 3.62. The number of hydrogen-bond donors (Lipinski definition) is 0. The Hall–Kier alpha value is -2.14. The number of rotatable bonds is 6. The molecule has 1 fully saturated rings. The van der Waals surface area contributed by atoms with E-state index in [0.29, 0.717) is 19.0 Å². The third kappa shape index (κ3) is 3.79. The smallest absolute Gasteiger partial charge is 0.360 e. The van der Waals surface area contributed by atoms with Crippen LogP contribution in [0.15, 0.2) is 35.1 Å². The lowest BCUT2D eigenvalue weighted by molar-refractivity contribution is 0.0474. The molecule has 0 N–H and O–H groups in total. The minimum atomic E-state index is -0.436. The summed E-state index contributed by atoms with van der Waals surface area (Å²) < 4.78 is 16.2. The van der Waals surface area contributed by atoms with Crippen LogP contribution in [-0.4, -0.2) is 24.2 Å². The molecule has 2 aromatic rings. The molecule has 122 valence electrons. The molecule has 0 spiro atoms. The topological polar surface area (TPSA) is 61.6 Å². The quantitative estimate of drug-likeness (QED) is 0.602. The van der Waals surface area contributed by atoms with Crippen LogP contribution >= 0.6 is 0 Å². The molecule has 0 aliphatic carbocycles. The van der Waals surface area contributed by atoms with Crippen LogP contribution in [0.3, 0.4) is 0 Å². The summed E-state index contributed by atoms with van der Waals surface area (Å²) in [5.41, 5.74) is 2.79. The first-order valence-electron chi connectivity index (χ1n) is 8.02. The summed E-state index contributed by atoms with van der Waals surface area (Å²) in [6.07, 6.45) is 4.59. The fourth-order valence-corrected chi connectivity index (χ4v) is 2.81. The average Bonchev–Trinajstić information content (AvgIpc) is 3.23. The van der Waals surface area contributed by atoms with Crippen molar-refractivity contribution in [2.75, 3.05) is 13.2 Å². The predicted molar refractivity (Wildman–Crippen MR) is 84.2 cm³/mol. The average molecular weight is 315 g/mol. The largest absolute Gasteiger partial charge is 0.461 e. The van der Waals surface area contributed by atoms with Gasteiger partial charge in [0.2, 0.25) is 0 Å². The highest BCUT2D eigenvalue weighted by Gasteiger charge is 2.28. The first-order chi connectivity index (χ1) is 11.3. The third-order valence-corrected chi connectivity index (χ3v) is 4.10. The van der Waals surface area contributed by atoms with Gasteiger partial charge in [0, 0.05) is 6.61 Å². The molecule has 1 aromatic heterocycles. The summed E-state index contributed by atoms with van der Waals surface area (Å²) in [6.45, 7) is 3.14. The highest BCUT2D eigenvalue weighted by molar-refractivity contribution is 5.88. The molecule has 0 amide bonds. The van der Waals surface area contributed by atoms with Crippen LogP contribution in [0.25, 0.3) is 0 Å². The molecule has 23 heavy (non-hydrogen) atoms. The summed E-state index contributed by atoms with van der Waals surface area (Å²) in [6, 6.07) is 8.24. The van der Waals surface area contributed by atoms with E-state index in [1.807, 2.05) is 12.1 Å². The van der Waals surface area contributed by atoms with Crippen LogP contribution in [0.4, 0.5) is 0 Å². The van der Waals surface area contributed by atoms with Crippen LogP contribution in [0.5, 0.6) is 0 Å². The Balaban J connectivity index is 1.50. The van der Waals surface area contributed by atoms with Gasteiger partial charge in [0.05, 0.1) is 6.61 Å². The maximum atomic E-state index is 12.2. The molecule has 0 saturated carbocycles. The van der Waals surface area contributed by atoms with Crippen LogP contribution < -0.4 is 0 Å². The standard InChI is InChI=1S/C18H21NO4/c1-13-6-2-3-7-14(13)8-4-11-22-18(20)16-17(23-12-19-16)15-9-5-10-21-15/h2-3,6-7,12,15H,4-5,8-11H2,1H3. The van der Waals surface area contributed by atoms with E-state index in [4.69, 9.17) is 13.9 Å². The van der Waals surface area contributed by atoms with E-state index in [1.165, 1.54) is 17.5 Å². The van der Waals surface area contributed by atoms with E-state index in [1.54, 1.807) is 0 Å².